The molecular weight excluding hydrogens is 193 g/mol. The van der Waals surface area contributed by atoms with Crippen LogP contribution in [0.2, 0.25) is 0 Å². The molecule has 0 saturated carbocycles. The molecule has 0 spiro atoms. The van der Waals surface area contributed by atoms with Gasteiger partial charge in [0.1, 0.15) is 12.1 Å². The third-order valence-corrected chi connectivity index (χ3v) is 2.63. The summed E-state index contributed by atoms with van der Waals surface area (Å²) in [7, 11) is 0. The molecule has 1 N–H and O–H groups in total. The molecule has 2 nitrogen and oxygen atoms in total. The standard InChI is InChI=1S/C12H12FNO/c1-12(2,7-15)10-6-14-11-4-3-8(13)5-9(10)11/h3-7,14H,1-2H3. The Morgan fingerprint density at radius 3 is 2.80 bits per heavy atom. The van der Waals surface area contributed by atoms with Crippen LogP contribution < -0.4 is 0 Å². The van der Waals surface area contributed by atoms with Crippen molar-refractivity contribution in [2.45, 2.75) is 19.3 Å². The zero-order valence-corrected chi connectivity index (χ0v) is 8.67. The van der Waals surface area contributed by atoms with Gasteiger partial charge in [-0.2, -0.15) is 0 Å². The number of rotatable bonds is 2. The van der Waals surface area contributed by atoms with Crippen LogP contribution in [0, 0.1) is 5.82 Å². The summed E-state index contributed by atoms with van der Waals surface area (Å²) in [5, 5.41) is 0.770. The van der Waals surface area contributed by atoms with Gasteiger partial charge in [0.05, 0.1) is 0 Å². The molecular formula is C12H12FNO. The summed E-state index contributed by atoms with van der Waals surface area (Å²) in [5.41, 5.74) is 1.08. The summed E-state index contributed by atoms with van der Waals surface area (Å²) in [6.07, 6.45) is 2.64. The number of aromatic amines is 1. The van der Waals surface area contributed by atoms with Gasteiger partial charge in [0.15, 0.2) is 0 Å². The topological polar surface area (TPSA) is 32.9 Å². The van der Waals surface area contributed by atoms with Crippen LogP contribution in [-0.4, -0.2) is 11.3 Å². The molecule has 1 aromatic heterocycles. The van der Waals surface area contributed by atoms with Gasteiger partial charge in [0.2, 0.25) is 0 Å². The Bertz CT molecular complexity index is 513. The first-order chi connectivity index (χ1) is 7.04. The molecule has 1 aromatic carbocycles. The van der Waals surface area contributed by atoms with Crippen LogP contribution in [0.15, 0.2) is 24.4 Å². The highest BCUT2D eigenvalue weighted by Crippen LogP contribution is 2.29. The van der Waals surface area contributed by atoms with Gasteiger partial charge >= 0.3 is 0 Å². The largest absolute Gasteiger partial charge is 0.361 e. The van der Waals surface area contributed by atoms with Crippen LogP contribution in [0.25, 0.3) is 10.9 Å². The van der Waals surface area contributed by atoms with Gasteiger partial charge in [-0.15, -0.1) is 0 Å². The number of hydrogen-bond donors (Lipinski definition) is 1. The third kappa shape index (κ3) is 1.54. The normalized spacial score (nSPS) is 11.9. The summed E-state index contributed by atoms with van der Waals surface area (Å²) < 4.78 is 13.1. The predicted molar refractivity (Wildman–Crippen MR) is 57.3 cm³/mol. The Morgan fingerprint density at radius 1 is 1.40 bits per heavy atom. The first-order valence-electron chi connectivity index (χ1n) is 4.78. The average molecular weight is 205 g/mol. The minimum atomic E-state index is -0.591. The highest BCUT2D eigenvalue weighted by molar-refractivity contribution is 5.88. The molecule has 0 atom stereocenters. The number of carbonyl (C=O) groups excluding carboxylic acids is 1. The molecule has 0 radical (unpaired) electrons. The van der Waals surface area contributed by atoms with E-state index in [0.717, 1.165) is 22.8 Å². The summed E-state index contributed by atoms with van der Waals surface area (Å²) in [5.74, 6) is -0.287. The van der Waals surface area contributed by atoms with Crippen LogP contribution >= 0.6 is 0 Å². The quantitative estimate of drug-likeness (QED) is 0.751. The van der Waals surface area contributed by atoms with Crippen molar-refractivity contribution >= 4 is 17.2 Å². The molecule has 0 fully saturated rings. The van der Waals surface area contributed by atoms with Crippen molar-refractivity contribution in [3.05, 3.63) is 35.8 Å². The maximum atomic E-state index is 13.1. The van der Waals surface area contributed by atoms with E-state index >= 15 is 0 Å². The van der Waals surface area contributed by atoms with Gasteiger partial charge in [0.25, 0.3) is 0 Å². The fourth-order valence-corrected chi connectivity index (χ4v) is 1.69. The molecule has 3 heteroatoms. The molecule has 78 valence electrons. The van der Waals surface area contributed by atoms with E-state index in [0.29, 0.717) is 0 Å². The Kier molecular flexibility index (Phi) is 2.11. The van der Waals surface area contributed by atoms with Crippen LogP contribution in [0.4, 0.5) is 4.39 Å². The monoisotopic (exact) mass is 205 g/mol. The summed E-state index contributed by atoms with van der Waals surface area (Å²) in [6.45, 7) is 3.63. The second-order valence-corrected chi connectivity index (χ2v) is 4.23. The molecule has 15 heavy (non-hydrogen) atoms. The maximum absolute atomic E-state index is 13.1. The van der Waals surface area contributed by atoms with Gasteiger partial charge in [-0.3, -0.25) is 0 Å². The van der Waals surface area contributed by atoms with Crippen LogP contribution in [0.3, 0.4) is 0 Å². The number of benzene rings is 1. The molecule has 2 aromatic rings. The number of hydrogen-bond acceptors (Lipinski definition) is 1. The number of fused-ring (bicyclic) bond motifs is 1. The second kappa shape index (κ2) is 3.19. The van der Waals surface area contributed by atoms with Crippen LogP contribution in [-0.2, 0) is 10.2 Å². The molecule has 0 aliphatic carbocycles. The lowest BCUT2D eigenvalue weighted by molar-refractivity contribution is -0.111. The van der Waals surface area contributed by atoms with Gasteiger partial charge < -0.3 is 9.78 Å². The zero-order valence-electron chi connectivity index (χ0n) is 8.67. The number of aromatic nitrogens is 1. The Labute approximate surface area is 87.1 Å². The van der Waals surface area contributed by atoms with E-state index in [1.165, 1.54) is 12.1 Å². The fraction of sp³-hybridized carbons (Fsp3) is 0.250. The fourth-order valence-electron chi connectivity index (χ4n) is 1.69. The van der Waals surface area contributed by atoms with Crippen LogP contribution in [0.1, 0.15) is 19.4 Å². The minimum Gasteiger partial charge on any atom is -0.361 e. The van der Waals surface area contributed by atoms with Crippen molar-refractivity contribution in [1.82, 2.24) is 4.98 Å². The molecule has 1 heterocycles. The second-order valence-electron chi connectivity index (χ2n) is 4.23. The van der Waals surface area contributed by atoms with Gasteiger partial charge in [-0.1, -0.05) is 0 Å². The van der Waals surface area contributed by atoms with Gasteiger partial charge in [0, 0.05) is 22.5 Å². The molecule has 0 amide bonds. The summed E-state index contributed by atoms with van der Waals surface area (Å²) in [4.78, 5) is 14.0. The predicted octanol–water partition coefficient (Wildman–Crippen LogP) is 2.78. The Hall–Kier alpha value is -1.64. The lowest BCUT2D eigenvalue weighted by Gasteiger charge is -2.15. The van der Waals surface area contributed by atoms with E-state index in [9.17, 15) is 9.18 Å². The maximum Gasteiger partial charge on any atom is 0.130 e. The molecule has 0 unspecified atom stereocenters. The van der Waals surface area contributed by atoms with E-state index in [1.807, 2.05) is 13.8 Å². The van der Waals surface area contributed by atoms with Crippen molar-refractivity contribution in [3.8, 4) is 0 Å². The van der Waals surface area contributed by atoms with E-state index < -0.39 is 5.41 Å². The molecule has 0 aliphatic rings. The first-order valence-corrected chi connectivity index (χ1v) is 4.78. The highest BCUT2D eigenvalue weighted by atomic mass is 19.1. The van der Waals surface area contributed by atoms with Crippen molar-refractivity contribution < 1.29 is 9.18 Å². The van der Waals surface area contributed by atoms with Gasteiger partial charge in [-0.05, 0) is 37.6 Å². The number of nitrogens with one attached hydrogen (secondary N) is 1. The molecule has 0 bridgehead atoms. The molecule has 0 saturated heterocycles. The van der Waals surface area contributed by atoms with E-state index in [4.69, 9.17) is 0 Å². The Balaban J connectivity index is 2.72. The number of H-pyrrole nitrogens is 1. The minimum absolute atomic E-state index is 0.287. The van der Waals surface area contributed by atoms with Gasteiger partial charge in [-0.25, -0.2) is 4.39 Å². The van der Waals surface area contributed by atoms with Crippen molar-refractivity contribution in [1.29, 1.82) is 0 Å². The number of halogens is 1. The molecule has 2 rings (SSSR count). The van der Waals surface area contributed by atoms with E-state index in [-0.39, 0.29) is 5.82 Å². The third-order valence-electron chi connectivity index (χ3n) is 2.63. The first kappa shape index (κ1) is 9.90. The number of aldehydes is 1. The number of carbonyl (C=O) groups is 1. The molecule has 0 aliphatic heterocycles. The highest BCUT2D eigenvalue weighted by Gasteiger charge is 2.23. The Morgan fingerprint density at radius 2 is 2.13 bits per heavy atom. The average Bonchev–Trinajstić information content (AvgIpc) is 2.61. The lowest BCUT2D eigenvalue weighted by atomic mass is 9.86. The van der Waals surface area contributed by atoms with Crippen LogP contribution in [0.5, 0.6) is 0 Å². The van der Waals surface area contributed by atoms with E-state index in [2.05, 4.69) is 4.98 Å². The van der Waals surface area contributed by atoms with Crippen molar-refractivity contribution in [3.63, 3.8) is 0 Å². The van der Waals surface area contributed by atoms with Crippen molar-refractivity contribution in [2.24, 2.45) is 0 Å². The summed E-state index contributed by atoms with van der Waals surface area (Å²) >= 11 is 0. The van der Waals surface area contributed by atoms with E-state index in [1.54, 1.807) is 12.3 Å². The lowest BCUT2D eigenvalue weighted by Crippen LogP contribution is -2.17. The van der Waals surface area contributed by atoms with Crippen molar-refractivity contribution in [2.75, 3.05) is 0 Å². The zero-order chi connectivity index (χ0) is 11.1. The SMILES string of the molecule is CC(C)(C=O)c1c[nH]c2ccc(F)cc12. The summed E-state index contributed by atoms with van der Waals surface area (Å²) in [6, 6.07) is 4.53. The smallest absolute Gasteiger partial charge is 0.130 e.